The third-order valence-electron chi connectivity index (χ3n) is 3.81. The second-order valence-electron chi connectivity index (χ2n) is 5.74. The van der Waals surface area contributed by atoms with Gasteiger partial charge in [0.15, 0.2) is 6.54 Å². The van der Waals surface area contributed by atoms with Gasteiger partial charge < -0.3 is 20.1 Å². The van der Waals surface area contributed by atoms with E-state index in [1.54, 1.807) is 0 Å². The zero-order chi connectivity index (χ0) is 17.9. The Labute approximate surface area is 149 Å². The van der Waals surface area contributed by atoms with E-state index in [4.69, 9.17) is 9.47 Å². The molecule has 1 amide bonds. The lowest BCUT2D eigenvalue weighted by Gasteiger charge is -2.11. The highest BCUT2D eigenvalue weighted by Crippen LogP contribution is 2.17. The summed E-state index contributed by atoms with van der Waals surface area (Å²) in [6, 6.07) is 17.9. The first-order valence-electron chi connectivity index (χ1n) is 8.69. The summed E-state index contributed by atoms with van der Waals surface area (Å²) < 4.78 is 11.0. The molecule has 1 atom stereocenters. The van der Waals surface area contributed by atoms with Gasteiger partial charge in [-0.15, -0.1) is 0 Å². The molecule has 2 aromatic carbocycles. The van der Waals surface area contributed by atoms with Crippen LogP contribution in [0.25, 0.3) is 0 Å². The van der Waals surface area contributed by atoms with Crippen molar-refractivity contribution in [2.45, 2.75) is 19.9 Å². The van der Waals surface area contributed by atoms with Crippen molar-refractivity contribution < 1.29 is 19.6 Å². The highest BCUT2D eigenvalue weighted by atomic mass is 16.5. The molecule has 0 saturated heterocycles. The molecule has 25 heavy (non-hydrogen) atoms. The summed E-state index contributed by atoms with van der Waals surface area (Å²) in [4.78, 5) is 11.9. The smallest absolute Gasteiger partial charge is 0.275 e. The molecule has 0 bridgehead atoms. The molecule has 0 aliphatic rings. The Hall–Kier alpha value is -2.53. The molecule has 0 fully saturated rings. The number of hydrogen-bond donors (Lipinski definition) is 2. The highest BCUT2D eigenvalue weighted by Gasteiger charge is 2.10. The average molecular weight is 343 g/mol. The lowest BCUT2D eigenvalue weighted by molar-refractivity contribution is -0.682. The number of carbonyl (C=O) groups excluding carboxylic acids is 1. The largest absolute Gasteiger partial charge is 0.494 e. The molecule has 0 spiro atoms. The van der Waals surface area contributed by atoms with Gasteiger partial charge >= 0.3 is 0 Å². The number of amides is 1. The van der Waals surface area contributed by atoms with Gasteiger partial charge in [0.1, 0.15) is 24.1 Å². The Kier molecular flexibility index (Phi) is 7.79. The number of carbonyl (C=O) groups is 1. The zero-order valence-corrected chi connectivity index (χ0v) is 14.9. The number of hydrogen-bond acceptors (Lipinski definition) is 3. The Morgan fingerprint density at radius 2 is 1.68 bits per heavy atom. The van der Waals surface area contributed by atoms with Crippen LogP contribution in [0.4, 0.5) is 0 Å². The van der Waals surface area contributed by atoms with Crippen LogP contribution in [-0.4, -0.2) is 32.2 Å². The van der Waals surface area contributed by atoms with Gasteiger partial charge in [-0.05, 0) is 38.1 Å². The number of ether oxygens (including phenoxy) is 2. The molecule has 0 unspecified atom stereocenters. The molecule has 134 valence electrons. The fourth-order valence-electron chi connectivity index (χ4n) is 2.41. The molecule has 5 heteroatoms. The second-order valence-corrected chi connectivity index (χ2v) is 5.74. The normalized spacial score (nSPS) is 11.6. The van der Waals surface area contributed by atoms with E-state index in [2.05, 4.69) is 24.4 Å². The number of nitrogens with one attached hydrogen (secondary N) is 1. The van der Waals surface area contributed by atoms with Gasteiger partial charge in [0.2, 0.25) is 0 Å². The van der Waals surface area contributed by atoms with Gasteiger partial charge in [0.25, 0.3) is 5.91 Å². The van der Waals surface area contributed by atoms with Crippen molar-refractivity contribution in [2.24, 2.45) is 0 Å². The SMILES string of the molecule is CCOc1ccc(OCCNC(=O)C[NH2+][C@@H](C)c2ccccc2)cc1. The first-order valence-corrected chi connectivity index (χ1v) is 8.69. The Morgan fingerprint density at radius 3 is 2.32 bits per heavy atom. The molecule has 3 N–H and O–H groups in total. The zero-order valence-electron chi connectivity index (χ0n) is 14.9. The summed E-state index contributed by atoms with van der Waals surface area (Å²) >= 11 is 0. The van der Waals surface area contributed by atoms with Gasteiger partial charge in [-0.25, -0.2) is 0 Å². The van der Waals surface area contributed by atoms with E-state index in [-0.39, 0.29) is 11.9 Å². The lowest BCUT2D eigenvalue weighted by atomic mass is 10.1. The fraction of sp³-hybridized carbons (Fsp3) is 0.350. The quantitative estimate of drug-likeness (QED) is 0.648. The van der Waals surface area contributed by atoms with E-state index in [0.717, 1.165) is 11.5 Å². The predicted octanol–water partition coefficient (Wildman–Crippen LogP) is 1.90. The van der Waals surface area contributed by atoms with Gasteiger partial charge in [-0.1, -0.05) is 30.3 Å². The molecule has 0 saturated carbocycles. The van der Waals surface area contributed by atoms with Gasteiger partial charge in [0.05, 0.1) is 13.2 Å². The molecule has 0 radical (unpaired) electrons. The summed E-state index contributed by atoms with van der Waals surface area (Å²) in [7, 11) is 0. The minimum Gasteiger partial charge on any atom is -0.494 e. The maximum atomic E-state index is 11.9. The van der Waals surface area contributed by atoms with E-state index >= 15 is 0 Å². The Morgan fingerprint density at radius 1 is 1.04 bits per heavy atom. The molecule has 2 rings (SSSR count). The van der Waals surface area contributed by atoms with E-state index in [0.29, 0.717) is 26.3 Å². The fourth-order valence-corrected chi connectivity index (χ4v) is 2.41. The molecule has 2 aromatic rings. The van der Waals surface area contributed by atoms with E-state index in [1.807, 2.05) is 54.7 Å². The number of benzene rings is 2. The van der Waals surface area contributed by atoms with Crippen molar-refractivity contribution in [3.8, 4) is 11.5 Å². The third kappa shape index (κ3) is 6.85. The monoisotopic (exact) mass is 343 g/mol. The number of nitrogens with two attached hydrogens (primary N) is 1. The van der Waals surface area contributed by atoms with E-state index in [9.17, 15) is 4.79 Å². The summed E-state index contributed by atoms with van der Waals surface area (Å²) in [6.45, 7) is 6.02. The van der Waals surface area contributed by atoms with E-state index < -0.39 is 0 Å². The van der Waals surface area contributed by atoms with Crippen molar-refractivity contribution in [1.82, 2.24) is 5.32 Å². The van der Waals surface area contributed by atoms with Crippen molar-refractivity contribution in [3.63, 3.8) is 0 Å². The first-order chi connectivity index (χ1) is 12.2. The minimum atomic E-state index is 0.0121. The molecule has 0 aromatic heterocycles. The van der Waals surface area contributed by atoms with Crippen LogP contribution in [0.1, 0.15) is 25.5 Å². The molecule has 5 nitrogen and oxygen atoms in total. The average Bonchev–Trinajstić information content (AvgIpc) is 2.65. The van der Waals surface area contributed by atoms with Crippen LogP contribution >= 0.6 is 0 Å². The van der Waals surface area contributed by atoms with Gasteiger partial charge in [0, 0.05) is 5.56 Å². The summed E-state index contributed by atoms with van der Waals surface area (Å²) in [5.74, 6) is 1.60. The molecule has 0 heterocycles. The van der Waals surface area contributed by atoms with Gasteiger partial charge in [-0.2, -0.15) is 0 Å². The predicted molar refractivity (Wildman–Crippen MR) is 97.8 cm³/mol. The summed E-state index contributed by atoms with van der Waals surface area (Å²) in [5, 5.41) is 4.90. The summed E-state index contributed by atoms with van der Waals surface area (Å²) in [6.07, 6.45) is 0. The van der Waals surface area contributed by atoms with Crippen LogP contribution in [0.15, 0.2) is 54.6 Å². The molecule has 0 aliphatic heterocycles. The van der Waals surface area contributed by atoms with E-state index in [1.165, 1.54) is 5.56 Å². The van der Waals surface area contributed by atoms with Crippen LogP contribution in [0, 0.1) is 0 Å². The van der Waals surface area contributed by atoms with Crippen molar-refractivity contribution in [1.29, 1.82) is 0 Å². The standard InChI is InChI=1S/C20H26N2O3/c1-3-24-18-9-11-19(12-10-18)25-14-13-21-20(23)15-22-16(2)17-7-5-4-6-8-17/h4-12,16,22H,3,13-15H2,1-2H3,(H,21,23)/p+1/t16-/m0/s1. The maximum absolute atomic E-state index is 11.9. The number of quaternary nitrogens is 1. The lowest BCUT2D eigenvalue weighted by Crippen LogP contribution is -2.87. The van der Waals surface area contributed by atoms with Crippen molar-refractivity contribution in [3.05, 3.63) is 60.2 Å². The minimum absolute atomic E-state index is 0.0121. The highest BCUT2D eigenvalue weighted by molar-refractivity contribution is 5.76. The Balaban J connectivity index is 1.60. The summed E-state index contributed by atoms with van der Waals surface area (Å²) in [5.41, 5.74) is 1.22. The van der Waals surface area contributed by atoms with Crippen molar-refractivity contribution >= 4 is 5.91 Å². The van der Waals surface area contributed by atoms with Gasteiger partial charge in [-0.3, -0.25) is 4.79 Å². The third-order valence-corrected chi connectivity index (χ3v) is 3.81. The topological polar surface area (TPSA) is 64.2 Å². The molecular weight excluding hydrogens is 316 g/mol. The van der Waals surface area contributed by atoms with Crippen LogP contribution in [0.2, 0.25) is 0 Å². The second kappa shape index (κ2) is 10.4. The van der Waals surface area contributed by atoms with Crippen molar-refractivity contribution in [2.75, 3.05) is 26.3 Å². The molecule has 0 aliphatic carbocycles. The molecular formula is C20H27N2O3+. The van der Waals surface area contributed by atoms with Crippen LogP contribution in [-0.2, 0) is 4.79 Å². The van der Waals surface area contributed by atoms with Crippen LogP contribution < -0.4 is 20.1 Å². The Bertz CT molecular complexity index is 629. The van der Waals surface area contributed by atoms with Crippen LogP contribution in [0.3, 0.4) is 0 Å². The van der Waals surface area contributed by atoms with Crippen LogP contribution in [0.5, 0.6) is 11.5 Å². The maximum Gasteiger partial charge on any atom is 0.275 e. The first kappa shape index (κ1) is 18.8. The number of rotatable bonds is 10.